The summed E-state index contributed by atoms with van der Waals surface area (Å²) in [6, 6.07) is 0. The first-order chi connectivity index (χ1) is 14.4. The molecule has 0 bridgehead atoms. The summed E-state index contributed by atoms with van der Waals surface area (Å²) in [4.78, 5) is 0. The number of hydrogen-bond acceptors (Lipinski definition) is 3. The van der Waals surface area contributed by atoms with Crippen molar-refractivity contribution in [2.75, 3.05) is 0 Å². The molecule has 0 amide bonds. The Bertz CT molecular complexity index is 711. The van der Waals surface area contributed by atoms with Crippen LogP contribution in [0.4, 0.5) is 0 Å². The average Bonchev–Trinajstić information content (AvgIpc) is 3.40. The molecule has 10 unspecified atom stereocenters. The van der Waals surface area contributed by atoms with Crippen LogP contribution in [0.1, 0.15) is 91.4 Å². The number of allylic oxidation sites excluding steroid dienone is 1. The van der Waals surface area contributed by atoms with Gasteiger partial charge < -0.3 is 14.6 Å². The number of aliphatic hydroxyl groups excluding tert-OH is 1. The number of aliphatic hydroxyl groups is 1. The van der Waals surface area contributed by atoms with Crippen LogP contribution in [0.15, 0.2) is 11.6 Å². The highest BCUT2D eigenvalue weighted by Crippen LogP contribution is 2.69. The van der Waals surface area contributed by atoms with Crippen molar-refractivity contribution in [2.24, 2.45) is 40.4 Å². The third-order valence-corrected chi connectivity index (χ3v) is 11.1. The monoisotopic (exact) mass is 414 g/mol. The van der Waals surface area contributed by atoms with Gasteiger partial charge in [0, 0.05) is 5.92 Å². The fourth-order valence-electron chi connectivity index (χ4n) is 9.58. The van der Waals surface area contributed by atoms with Gasteiger partial charge in [0.2, 0.25) is 0 Å². The number of fused-ring (bicyclic) bond motifs is 7. The highest BCUT2D eigenvalue weighted by atomic mass is 16.7. The molecular weight excluding hydrogens is 372 g/mol. The van der Waals surface area contributed by atoms with E-state index in [4.69, 9.17) is 9.47 Å². The van der Waals surface area contributed by atoms with Crippen LogP contribution >= 0.6 is 0 Å². The lowest BCUT2D eigenvalue weighted by molar-refractivity contribution is -0.178. The van der Waals surface area contributed by atoms with Crippen LogP contribution in [0.25, 0.3) is 0 Å². The maximum Gasteiger partial charge on any atom is 0.161 e. The topological polar surface area (TPSA) is 38.7 Å². The van der Waals surface area contributed by atoms with E-state index in [9.17, 15) is 5.11 Å². The van der Waals surface area contributed by atoms with Crippen LogP contribution in [-0.4, -0.2) is 29.7 Å². The first-order valence-corrected chi connectivity index (χ1v) is 13.1. The van der Waals surface area contributed by atoms with E-state index in [2.05, 4.69) is 26.8 Å². The van der Waals surface area contributed by atoms with Crippen molar-refractivity contribution in [1.82, 2.24) is 0 Å². The Hall–Kier alpha value is -0.380. The first-order valence-electron chi connectivity index (χ1n) is 13.1. The number of hydrogen-bond donors (Lipinski definition) is 1. The molecule has 10 atom stereocenters. The maximum absolute atomic E-state index is 10.2. The normalized spacial score (nSPS) is 55.5. The second kappa shape index (κ2) is 7.06. The van der Waals surface area contributed by atoms with E-state index in [0.717, 1.165) is 30.6 Å². The minimum atomic E-state index is -0.105. The predicted molar refractivity (Wildman–Crippen MR) is 118 cm³/mol. The molecule has 0 aromatic carbocycles. The first kappa shape index (κ1) is 20.2. The average molecular weight is 415 g/mol. The molecule has 30 heavy (non-hydrogen) atoms. The van der Waals surface area contributed by atoms with Crippen molar-refractivity contribution in [3.63, 3.8) is 0 Å². The summed E-state index contributed by atoms with van der Waals surface area (Å²) < 4.78 is 13.2. The van der Waals surface area contributed by atoms with Gasteiger partial charge in [0.15, 0.2) is 6.29 Å². The molecule has 5 fully saturated rings. The van der Waals surface area contributed by atoms with Crippen molar-refractivity contribution < 1.29 is 14.6 Å². The lowest BCUT2D eigenvalue weighted by atomic mass is 9.47. The Morgan fingerprint density at radius 2 is 1.87 bits per heavy atom. The van der Waals surface area contributed by atoms with E-state index in [-0.39, 0.29) is 12.4 Å². The van der Waals surface area contributed by atoms with Crippen LogP contribution < -0.4 is 0 Å². The molecule has 0 spiro atoms. The predicted octanol–water partition coefficient (Wildman–Crippen LogP) is 5.86. The summed E-state index contributed by atoms with van der Waals surface area (Å²) in [7, 11) is 0. The standard InChI is InChI=1S/C27H42O3/c1-16-24-23(30-25(16)29-19-6-4-5-7-19)15-22-20-9-8-17-14-18(28)10-12-26(17,2)21(20)11-13-27(22,24)3/h8,16,18-25,28H,4-7,9-15H2,1-3H3. The lowest BCUT2D eigenvalue weighted by Gasteiger charge is -2.58. The van der Waals surface area contributed by atoms with Gasteiger partial charge in [-0.05, 0) is 92.3 Å². The molecule has 0 aromatic heterocycles. The highest BCUT2D eigenvalue weighted by molar-refractivity contribution is 5.26. The molecule has 1 heterocycles. The van der Waals surface area contributed by atoms with Gasteiger partial charge in [0.25, 0.3) is 0 Å². The third kappa shape index (κ3) is 2.80. The van der Waals surface area contributed by atoms with Crippen LogP contribution in [0, 0.1) is 40.4 Å². The van der Waals surface area contributed by atoms with Crippen molar-refractivity contribution >= 4 is 0 Å². The van der Waals surface area contributed by atoms with Crippen LogP contribution in [0.2, 0.25) is 0 Å². The summed E-state index contributed by atoms with van der Waals surface area (Å²) in [5, 5.41) is 10.2. The molecule has 0 aromatic rings. The molecule has 6 aliphatic rings. The Balaban J connectivity index is 1.23. The van der Waals surface area contributed by atoms with Gasteiger partial charge in [-0.15, -0.1) is 0 Å². The van der Waals surface area contributed by atoms with E-state index in [1.165, 1.54) is 57.8 Å². The fraction of sp³-hybridized carbons (Fsp3) is 0.926. The van der Waals surface area contributed by atoms with Crippen molar-refractivity contribution in [3.05, 3.63) is 11.6 Å². The van der Waals surface area contributed by atoms with Crippen LogP contribution in [0.5, 0.6) is 0 Å². The second-order valence-electron chi connectivity index (χ2n) is 12.4. The highest BCUT2D eigenvalue weighted by Gasteiger charge is 2.65. The van der Waals surface area contributed by atoms with Gasteiger partial charge >= 0.3 is 0 Å². The lowest BCUT2D eigenvalue weighted by Crippen LogP contribution is -2.51. The summed E-state index contributed by atoms with van der Waals surface area (Å²) in [6.07, 6.45) is 16.8. The SMILES string of the molecule is CC1C(OC2CCCC2)OC2CC3C4CC=C5CC(O)CCC5(C)C4CCC3(C)C21. The quantitative estimate of drug-likeness (QED) is 0.576. The number of rotatable bonds is 2. The largest absolute Gasteiger partial charge is 0.393 e. The van der Waals surface area contributed by atoms with Gasteiger partial charge in [0.1, 0.15) is 0 Å². The van der Waals surface area contributed by atoms with Gasteiger partial charge in [-0.1, -0.05) is 45.3 Å². The zero-order valence-electron chi connectivity index (χ0n) is 19.3. The molecule has 5 aliphatic carbocycles. The van der Waals surface area contributed by atoms with Crippen molar-refractivity contribution in [2.45, 2.75) is 116 Å². The Morgan fingerprint density at radius 1 is 1.07 bits per heavy atom. The van der Waals surface area contributed by atoms with Crippen LogP contribution in [0.3, 0.4) is 0 Å². The third-order valence-electron chi connectivity index (χ3n) is 11.1. The van der Waals surface area contributed by atoms with Crippen molar-refractivity contribution in [1.29, 1.82) is 0 Å². The zero-order chi connectivity index (χ0) is 20.7. The molecule has 0 radical (unpaired) electrons. The molecule has 4 saturated carbocycles. The molecule has 6 rings (SSSR count). The molecule has 168 valence electrons. The van der Waals surface area contributed by atoms with E-state index in [0.29, 0.717) is 34.9 Å². The second-order valence-corrected chi connectivity index (χ2v) is 12.4. The minimum absolute atomic E-state index is 0.0359. The van der Waals surface area contributed by atoms with E-state index in [1.54, 1.807) is 5.57 Å². The minimum Gasteiger partial charge on any atom is -0.393 e. The summed E-state index contributed by atoms with van der Waals surface area (Å²) in [5.41, 5.74) is 2.33. The molecular formula is C27H42O3. The molecule has 3 nitrogen and oxygen atoms in total. The van der Waals surface area contributed by atoms with Gasteiger partial charge in [-0.25, -0.2) is 0 Å². The van der Waals surface area contributed by atoms with Gasteiger partial charge in [-0.2, -0.15) is 0 Å². The van der Waals surface area contributed by atoms with Gasteiger partial charge in [-0.3, -0.25) is 0 Å². The smallest absolute Gasteiger partial charge is 0.161 e. The fourth-order valence-corrected chi connectivity index (χ4v) is 9.58. The summed E-state index contributed by atoms with van der Waals surface area (Å²) >= 11 is 0. The number of ether oxygens (including phenoxy) is 2. The molecule has 1 saturated heterocycles. The summed E-state index contributed by atoms with van der Waals surface area (Å²) in [5.74, 6) is 3.60. The Kier molecular flexibility index (Phi) is 4.76. The Labute approximate surface area is 183 Å². The zero-order valence-corrected chi connectivity index (χ0v) is 19.3. The van der Waals surface area contributed by atoms with E-state index >= 15 is 0 Å². The maximum atomic E-state index is 10.2. The molecule has 1 aliphatic heterocycles. The van der Waals surface area contributed by atoms with Crippen LogP contribution in [-0.2, 0) is 9.47 Å². The van der Waals surface area contributed by atoms with E-state index in [1.807, 2.05) is 0 Å². The Morgan fingerprint density at radius 3 is 2.67 bits per heavy atom. The molecule has 3 heteroatoms. The molecule has 1 N–H and O–H groups in total. The summed E-state index contributed by atoms with van der Waals surface area (Å²) in [6.45, 7) is 7.57. The van der Waals surface area contributed by atoms with Crippen molar-refractivity contribution in [3.8, 4) is 0 Å². The van der Waals surface area contributed by atoms with Gasteiger partial charge in [0.05, 0.1) is 18.3 Å². The van der Waals surface area contributed by atoms with E-state index < -0.39 is 0 Å².